The molecule has 1 atom stereocenters. The van der Waals surface area contributed by atoms with Crippen molar-refractivity contribution in [1.29, 1.82) is 0 Å². The molecule has 4 aromatic rings. The minimum atomic E-state index is -4.64. The van der Waals surface area contributed by atoms with Gasteiger partial charge in [-0.25, -0.2) is 14.6 Å². The van der Waals surface area contributed by atoms with Gasteiger partial charge < -0.3 is 14.8 Å². The molecule has 0 spiro atoms. The first-order valence-corrected chi connectivity index (χ1v) is 14.9. The van der Waals surface area contributed by atoms with Crippen LogP contribution >= 0.6 is 11.6 Å². The van der Waals surface area contributed by atoms with Gasteiger partial charge in [0.1, 0.15) is 18.2 Å². The predicted octanol–water partition coefficient (Wildman–Crippen LogP) is 5.03. The van der Waals surface area contributed by atoms with Crippen molar-refractivity contribution in [2.75, 3.05) is 31.6 Å². The zero-order chi connectivity index (χ0) is 30.7. The molecule has 16 heteroatoms. The van der Waals surface area contributed by atoms with E-state index in [1.807, 2.05) is 6.92 Å². The standard InChI is InChI=1S/C28H32ClF3N10O2/c1-18(15-41-17-35-38-39-41)44-25-12-19(2-7-23(25)29)20-13-33-27(34-14-20)36-24-16-42(37-26(24)28(30,31)32)22-5-3-21(4-6-22)40-8-10-43-11-9-40/h2,7,12-14,16-18,21-22H,3-6,8-11,15H2,1H3,(H,33,34,36)/t18-,21?,22?/m1/s1. The second kappa shape index (κ2) is 13.0. The van der Waals surface area contributed by atoms with Gasteiger partial charge in [-0.1, -0.05) is 17.7 Å². The minimum Gasteiger partial charge on any atom is -0.487 e. The number of tetrazole rings is 1. The van der Waals surface area contributed by atoms with Gasteiger partial charge in [0.2, 0.25) is 5.95 Å². The topological polar surface area (TPSA) is 121 Å². The lowest BCUT2D eigenvalue weighted by Crippen LogP contribution is -2.45. The molecule has 3 aromatic heterocycles. The van der Waals surface area contributed by atoms with Crippen LogP contribution in [0.15, 0.2) is 43.1 Å². The van der Waals surface area contributed by atoms with E-state index in [0.29, 0.717) is 28.9 Å². The van der Waals surface area contributed by atoms with Crippen molar-refractivity contribution in [1.82, 2.24) is 44.9 Å². The van der Waals surface area contributed by atoms with E-state index in [2.05, 4.69) is 40.8 Å². The van der Waals surface area contributed by atoms with Gasteiger partial charge in [0.05, 0.1) is 36.5 Å². The predicted molar refractivity (Wildman–Crippen MR) is 155 cm³/mol. The van der Waals surface area contributed by atoms with E-state index >= 15 is 0 Å². The van der Waals surface area contributed by atoms with Crippen molar-refractivity contribution in [2.45, 2.75) is 63.5 Å². The van der Waals surface area contributed by atoms with Crippen LogP contribution in [-0.2, 0) is 17.5 Å². The average Bonchev–Trinajstić information content (AvgIpc) is 3.70. The number of anilines is 2. The Balaban J connectivity index is 1.13. The Morgan fingerprint density at radius 2 is 1.80 bits per heavy atom. The van der Waals surface area contributed by atoms with Gasteiger partial charge in [0.15, 0.2) is 5.69 Å². The molecule has 1 saturated heterocycles. The maximum Gasteiger partial charge on any atom is 0.437 e. The summed E-state index contributed by atoms with van der Waals surface area (Å²) in [6.07, 6.45) is 4.38. The van der Waals surface area contributed by atoms with E-state index < -0.39 is 11.9 Å². The maximum atomic E-state index is 14.0. The summed E-state index contributed by atoms with van der Waals surface area (Å²) in [5, 5.41) is 18.2. The van der Waals surface area contributed by atoms with Gasteiger partial charge in [-0.3, -0.25) is 9.58 Å². The van der Waals surface area contributed by atoms with Gasteiger partial charge in [0.25, 0.3) is 0 Å². The Kier molecular flexibility index (Phi) is 8.96. The van der Waals surface area contributed by atoms with Crippen LogP contribution in [0.1, 0.15) is 44.3 Å². The monoisotopic (exact) mass is 632 g/mol. The zero-order valence-corrected chi connectivity index (χ0v) is 24.7. The Labute approximate surface area is 256 Å². The molecule has 1 N–H and O–H groups in total. The van der Waals surface area contributed by atoms with Crippen LogP contribution in [0.5, 0.6) is 5.75 Å². The second-order valence-electron chi connectivity index (χ2n) is 11.0. The number of alkyl halides is 3. The van der Waals surface area contributed by atoms with E-state index in [1.54, 1.807) is 22.9 Å². The summed E-state index contributed by atoms with van der Waals surface area (Å²) < 4.78 is 56.4. The van der Waals surface area contributed by atoms with Crippen LogP contribution in [-0.4, -0.2) is 83.3 Å². The summed E-state index contributed by atoms with van der Waals surface area (Å²) in [5.41, 5.74) is 0.186. The van der Waals surface area contributed by atoms with Crippen molar-refractivity contribution in [3.05, 3.63) is 53.8 Å². The molecule has 0 amide bonds. The van der Waals surface area contributed by atoms with Crippen molar-refractivity contribution in [2.24, 2.45) is 0 Å². The molecule has 4 heterocycles. The molecule has 1 aliphatic carbocycles. The van der Waals surface area contributed by atoms with Gasteiger partial charge in [-0.05, 0) is 60.7 Å². The molecule has 234 valence electrons. The van der Waals surface area contributed by atoms with Crippen molar-refractivity contribution < 1.29 is 22.6 Å². The van der Waals surface area contributed by atoms with Crippen molar-refractivity contribution in [3.63, 3.8) is 0 Å². The van der Waals surface area contributed by atoms with Crippen LogP contribution in [0, 0.1) is 0 Å². The number of nitrogens with zero attached hydrogens (tertiary/aromatic N) is 9. The quantitative estimate of drug-likeness (QED) is 0.269. The molecule has 1 aliphatic heterocycles. The third kappa shape index (κ3) is 7.11. The highest BCUT2D eigenvalue weighted by Crippen LogP contribution is 2.38. The highest BCUT2D eigenvalue weighted by Gasteiger charge is 2.39. The molecule has 2 aliphatic rings. The first-order valence-electron chi connectivity index (χ1n) is 14.5. The zero-order valence-electron chi connectivity index (χ0n) is 24.0. The number of morpholine rings is 1. The Hall–Kier alpha value is -3.82. The normalized spacial score (nSPS) is 20.4. The summed E-state index contributed by atoms with van der Waals surface area (Å²) in [6, 6.07) is 5.56. The summed E-state index contributed by atoms with van der Waals surface area (Å²) in [4.78, 5) is 11.0. The summed E-state index contributed by atoms with van der Waals surface area (Å²) >= 11 is 6.36. The van der Waals surface area contributed by atoms with Gasteiger partial charge >= 0.3 is 6.18 Å². The van der Waals surface area contributed by atoms with Crippen LogP contribution in [0.4, 0.5) is 24.8 Å². The Morgan fingerprint density at radius 3 is 2.48 bits per heavy atom. The molecule has 0 radical (unpaired) electrons. The number of benzene rings is 1. The molecule has 6 rings (SSSR count). The highest BCUT2D eigenvalue weighted by atomic mass is 35.5. The molecule has 0 bridgehead atoms. The molecule has 44 heavy (non-hydrogen) atoms. The van der Waals surface area contributed by atoms with Crippen LogP contribution < -0.4 is 10.1 Å². The average molecular weight is 633 g/mol. The third-order valence-electron chi connectivity index (χ3n) is 7.93. The van der Waals surface area contributed by atoms with Crippen molar-refractivity contribution >= 4 is 23.2 Å². The molecule has 0 unspecified atom stereocenters. The van der Waals surface area contributed by atoms with Gasteiger partial charge in [-0.2, -0.15) is 18.3 Å². The third-order valence-corrected chi connectivity index (χ3v) is 8.24. The number of hydrogen-bond acceptors (Lipinski definition) is 10. The first kappa shape index (κ1) is 30.2. The fourth-order valence-corrected chi connectivity index (χ4v) is 5.89. The smallest absolute Gasteiger partial charge is 0.437 e. The minimum absolute atomic E-state index is 0.0235. The molecule has 2 fully saturated rings. The number of aromatic nitrogens is 8. The fraction of sp³-hybridized carbons (Fsp3) is 0.500. The lowest BCUT2D eigenvalue weighted by atomic mass is 9.90. The summed E-state index contributed by atoms with van der Waals surface area (Å²) in [6.45, 7) is 5.54. The molecule has 1 saturated carbocycles. The molecule has 1 aromatic carbocycles. The number of rotatable bonds is 9. The first-order chi connectivity index (χ1) is 21.2. The lowest BCUT2D eigenvalue weighted by molar-refractivity contribution is -0.141. The lowest BCUT2D eigenvalue weighted by Gasteiger charge is -2.38. The number of halogens is 4. The molecular weight excluding hydrogens is 601 g/mol. The summed E-state index contributed by atoms with van der Waals surface area (Å²) in [7, 11) is 0. The number of nitrogens with one attached hydrogen (secondary N) is 1. The highest BCUT2D eigenvalue weighted by molar-refractivity contribution is 6.32. The van der Waals surface area contributed by atoms with Crippen LogP contribution in [0.25, 0.3) is 11.1 Å². The molecular formula is C28H32ClF3N10O2. The fourth-order valence-electron chi connectivity index (χ4n) is 5.73. The molecule has 12 nitrogen and oxygen atoms in total. The van der Waals surface area contributed by atoms with E-state index in [9.17, 15) is 13.2 Å². The van der Waals surface area contributed by atoms with Gasteiger partial charge in [0, 0.05) is 43.3 Å². The van der Waals surface area contributed by atoms with E-state index in [1.165, 1.54) is 29.6 Å². The Morgan fingerprint density at radius 1 is 1.07 bits per heavy atom. The SMILES string of the molecule is C[C@H](Cn1cnnn1)Oc1cc(-c2cnc(Nc3cn(C4CCC(N5CCOCC5)CC4)nc3C(F)(F)F)nc2)ccc1Cl. The van der Waals surface area contributed by atoms with Gasteiger partial charge in [-0.15, -0.1) is 5.10 Å². The Bertz CT molecular complexity index is 1520. The number of ether oxygens (including phenoxy) is 2. The summed E-state index contributed by atoms with van der Waals surface area (Å²) in [5.74, 6) is 0.475. The maximum absolute atomic E-state index is 14.0. The van der Waals surface area contributed by atoms with E-state index in [4.69, 9.17) is 21.1 Å². The van der Waals surface area contributed by atoms with Crippen LogP contribution in [0.3, 0.4) is 0 Å². The van der Waals surface area contributed by atoms with Crippen LogP contribution in [0.2, 0.25) is 5.02 Å². The largest absolute Gasteiger partial charge is 0.487 e. The second-order valence-corrected chi connectivity index (χ2v) is 11.4. The van der Waals surface area contributed by atoms with E-state index in [-0.39, 0.29) is 23.8 Å². The van der Waals surface area contributed by atoms with E-state index in [0.717, 1.165) is 57.6 Å². The number of hydrogen-bond donors (Lipinski definition) is 1. The van der Waals surface area contributed by atoms with Crippen molar-refractivity contribution in [3.8, 4) is 16.9 Å².